The molecule has 0 saturated carbocycles. The van der Waals surface area contributed by atoms with Crippen LogP contribution in [0.2, 0.25) is 0 Å². The van der Waals surface area contributed by atoms with Crippen LogP contribution in [0.1, 0.15) is 12.8 Å². The third kappa shape index (κ3) is 2.91. The molecule has 1 N–H and O–H groups in total. The zero-order chi connectivity index (χ0) is 12.3. The lowest BCUT2D eigenvalue weighted by molar-refractivity contribution is -0.384. The first kappa shape index (κ1) is 11.8. The molecule has 5 nitrogen and oxygen atoms in total. The minimum atomic E-state index is -0.540. The standard InChI is InChI=1S/C11H13FN2O3/c12-10-4-3-9(14(15)16)6-11(10)13-8-2-1-5-17-7-8/h3-4,6,8,13H,1-2,5,7H2. The molecule has 0 aliphatic carbocycles. The summed E-state index contributed by atoms with van der Waals surface area (Å²) in [4.78, 5) is 10.0. The average Bonchev–Trinajstić information content (AvgIpc) is 2.33. The van der Waals surface area contributed by atoms with E-state index in [0.29, 0.717) is 6.61 Å². The fraction of sp³-hybridized carbons (Fsp3) is 0.455. The van der Waals surface area contributed by atoms with E-state index >= 15 is 0 Å². The number of nitro benzene ring substituents is 1. The molecule has 6 heteroatoms. The van der Waals surface area contributed by atoms with Gasteiger partial charge in [-0.15, -0.1) is 0 Å². The van der Waals surface area contributed by atoms with E-state index in [4.69, 9.17) is 4.74 Å². The van der Waals surface area contributed by atoms with Crippen molar-refractivity contribution in [3.05, 3.63) is 34.1 Å². The summed E-state index contributed by atoms with van der Waals surface area (Å²) in [6, 6.07) is 3.48. The van der Waals surface area contributed by atoms with Crippen LogP contribution in [0.3, 0.4) is 0 Å². The molecule has 0 radical (unpaired) electrons. The number of benzene rings is 1. The second-order valence-corrected chi connectivity index (χ2v) is 3.98. The summed E-state index contributed by atoms with van der Waals surface area (Å²) in [6.45, 7) is 1.22. The number of halogens is 1. The van der Waals surface area contributed by atoms with Crippen molar-refractivity contribution in [1.82, 2.24) is 0 Å². The Morgan fingerprint density at radius 3 is 3.00 bits per heavy atom. The quantitative estimate of drug-likeness (QED) is 0.650. The van der Waals surface area contributed by atoms with E-state index < -0.39 is 10.7 Å². The van der Waals surface area contributed by atoms with Crippen molar-refractivity contribution < 1.29 is 14.1 Å². The summed E-state index contributed by atoms with van der Waals surface area (Å²) in [5.41, 5.74) is 0.0420. The molecule has 92 valence electrons. The first-order valence-electron chi connectivity index (χ1n) is 5.45. The maximum atomic E-state index is 13.5. The molecule has 17 heavy (non-hydrogen) atoms. The van der Waals surface area contributed by atoms with E-state index in [9.17, 15) is 14.5 Å². The number of hydrogen-bond acceptors (Lipinski definition) is 4. The van der Waals surface area contributed by atoms with E-state index in [-0.39, 0.29) is 17.4 Å². The minimum absolute atomic E-state index is 0.0141. The maximum absolute atomic E-state index is 13.5. The third-order valence-electron chi connectivity index (χ3n) is 2.68. The van der Waals surface area contributed by atoms with Gasteiger partial charge in [0.2, 0.25) is 0 Å². The van der Waals surface area contributed by atoms with Gasteiger partial charge in [0.1, 0.15) is 5.82 Å². The molecule has 0 aromatic heterocycles. The number of nitrogens with one attached hydrogen (secondary N) is 1. The van der Waals surface area contributed by atoms with Crippen LogP contribution in [0, 0.1) is 15.9 Å². The molecule has 0 spiro atoms. The lowest BCUT2D eigenvalue weighted by atomic mass is 10.1. The highest BCUT2D eigenvalue weighted by Crippen LogP contribution is 2.23. The summed E-state index contributed by atoms with van der Waals surface area (Å²) in [7, 11) is 0. The average molecular weight is 240 g/mol. The first-order valence-corrected chi connectivity index (χ1v) is 5.45. The van der Waals surface area contributed by atoms with Crippen LogP contribution in [0.4, 0.5) is 15.8 Å². The van der Waals surface area contributed by atoms with Gasteiger partial charge in [-0.2, -0.15) is 0 Å². The zero-order valence-corrected chi connectivity index (χ0v) is 9.19. The maximum Gasteiger partial charge on any atom is 0.271 e. The summed E-state index contributed by atoms with van der Waals surface area (Å²) in [5.74, 6) is -0.485. The minimum Gasteiger partial charge on any atom is -0.379 e. The number of nitro groups is 1. The molecule has 1 saturated heterocycles. The summed E-state index contributed by atoms with van der Waals surface area (Å²) in [6.07, 6.45) is 1.79. The topological polar surface area (TPSA) is 64.4 Å². The van der Waals surface area contributed by atoms with Gasteiger partial charge in [-0.1, -0.05) is 0 Å². The second kappa shape index (κ2) is 5.09. The van der Waals surface area contributed by atoms with Crippen LogP contribution in [0.5, 0.6) is 0 Å². The molecule has 0 amide bonds. The van der Waals surface area contributed by atoms with Gasteiger partial charge >= 0.3 is 0 Å². The highest BCUT2D eigenvalue weighted by molar-refractivity contribution is 5.52. The smallest absolute Gasteiger partial charge is 0.271 e. The number of nitrogens with zero attached hydrogens (tertiary/aromatic N) is 1. The molecule has 1 unspecified atom stereocenters. The van der Waals surface area contributed by atoms with Gasteiger partial charge in [-0.3, -0.25) is 10.1 Å². The van der Waals surface area contributed by atoms with Gasteiger partial charge in [0, 0.05) is 24.8 Å². The van der Waals surface area contributed by atoms with Crippen molar-refractivity contribution >= 4 is 11.4 Å². The molecule has 1 atom stereocenters. The Morgan fingerprint density at radius 2 is 2.35 bits per heavy atom. The van der Waals surface area contributed by atoms with Crippen LogP contribution < -0.4 is 5.32 Å². The highest BCUT2D eigenvalue weighted by atomic mass is 19.1. The van der Waals surface area contributed by atoms with Gasteiger partial charge < -0.3 is 10.1 Å². The molecular weight excluding hydrogens is 227 g/mol. The van der Waals surface area contributed by atoms with Crippen LogP contribution in [-0.2, 0) is 4.74 Å². The summed E-state index contributed by atoms with van der Waals surface area (Å²) >= 11 is 0. The predicted molar refractivity (Wildman–Crippen MR) is 60.5 cm³/mol. The fourth-order valence-electron chi connectivity index (χ4n) is 1.81. The largest absolute Gasteiger partial charge is 0.379 e. The van der Waals surface area contributed by atoms with Crippen molar-refractivity contribution in [2.45, 2.75) is 18.9 Å². The van der Waals surface area contributed by atoms with E-state index in [1.165, 1.54) is 6.07 Å². The monoisotopic (exact) mass is 240 g/mol. The molecule has 1 heterocycles. The Balaban J connectivity index is 2.13. The molecule has 0 bridgehead atoms. The second-order valence-electron chi connectivity index (χ2n) is 3.98. The third-order valence-corrected chi connectivity index (χ3v) is 2.68. The Kier molecular flexibility index (Phi) is 3.53. The zero-order valence-electron chi connectivity index (χ0n) is 9.19. The van der Waals surface area contributed by atoms with E-state index in [0.717, 1.165) is 31.6 Å². The van der Waals surface area contributed by atoms with Crippen LogP contribution in [0.25, 0.3) is 0 Å². The highest BCUT2D eigenvalue weighted by Gasteiger charge is 2.17. The lowest BCUT2D eigenvalue weighted by Crippen LogP contribution is -2.30. The van der Waals surface area contributed by atoms with Crippen molar-refractivity contribution in [2.75, 3.05) is 18.5 Å². The van der Waals surface area contributed by atoms with Gasteiger partial charge in [0.25, 0.3) is 5.69 Å². The Hall–Kier alpha value is -1.69. The van der Waals surface area contributed by atoms with Crippen LogP contribution in [-0.4, -0.2) is 24.2 Å². The molecular formula is C11H13FN2O3. The molecule has 1 aliphatic heterocycles. The normalized spacial score (nSPS) is 19.9. The number of hydrogen-bond donors (Lipinski definition) is 1. The fourth-order valence-corrected chi connectivity index (χ4v) is 1.81. The van der Waals surface area contributed by atoms with Crippen molar-refractivity contribution in [2.24, 2.45) is 0 Å². The van der Waals surface area contributed by atoms with Crippen LogP contribution in [0.15, 0.2) is 18.2 Å². The predicted octanol–water partition coefficient (Wildman–Crippen LogP) is 2.32. The van der Waals surface area contributed by atoms with Gasteiger partial charge in [0.15, 0.2) is 0 Å². The SMILES string of the molecule is O=[N+]([O-])c1ccc(F)c(NC2CCCOC2)c1. The number of ether oxygens (including phenoxy) is 1. The summed E-state index contributed by atoms with van der Waals surface area (Å²) in [5, 5.41) is 13.5. The van der Waals surface area contributed by atoms with Gasteiger partial charge in [-0.05, 0) is 18.9 Å². The Bertz CT molecular complexity index is 419. The van der Waals surface area contributed by atoms with E-state index in [1.54, 1.807) is 0 Å². The molecule has 2 rings (SSSR count). The first-order chi connectivity index (χ1) is 8.16. The van der Waals surface area contributed by atoms with Crippen molar-refractivity contribution in [1.29, 1.82) is 0 Å². The van der Waals surface area contributed by atoms with Gasteiger partial charge in [-0.25, -0.2) is 4.39 Å². The van der Waals surface area contributed by atoms with E-state index in [2.05, 4.69) is 5.32 Å². The number of rotatable bonds is 3. The summed E-state index contributed by atoms with van der Waals surface area (Å²) < 4.78 is 18.7. The van der Waals surface area contributed by atoms with Crippen molar-refractivity contribution in [3.63, 3.8) is 0 Å². The van der Waals surface area contributed by atoms with Crippen LogP contribution >= 0.6 is 0 Å². The van der Waals surface area contributed by atoms with Crippen molar-refractivity contribution in [3.8, 4) is 0 Å². The van der Waals surface area contributed by atoms with Gasteiger partial charge in [0.05, 0.1) is 17.2 Å². The Morgan fingerprint density at radius 1 is 1.53 bits per heavy atom. The Labute approximate surface area is 97.7 Å². The van der Waals surface area contributed by atoms with E-state index in [1.807, 2.05) is 0 Å². The number of non-ortho nitro benzene ring substituents is 1. The molecule has 1 aliphatic rings. The lowest BCUT2D eigenvalue weighted by Gasteiger charge is -2.24. The molecule has 1 fully saturated rings. The number of anilines is 1. The molecule has 1 aromatic rings. The molecule has 1 aromatic carbocycles.